The zero-order valence-electron chi connectivity index (χ0n) is 16.1. The third kappa shape index (κ3) is 7.27. The normalized spacial score (nSPS) is 25.7. The summed E-state index contributed by atoms with van der Waals surface area (Å²) in [5.74, 6) is 0. The Kier molecular flexibility index (Phi) is 12.4. The van der Waals surface area contributed by atoms with Crippen LogP contribution in [-0.4, -0.2) is 74.5 Å². The maximum Gasteiger partial charge on any atom is 0.169 e. The molecule has 1 rings (SSSR count). The third-order valence-corrected chi connectivity index (χ3v) is 5.62. The van der Waals surface area contributed by atoms with Crippen molar-refractivity contribution in [2.45, 2.75) is 95.4 Å². The van der Waals surface area contributed by atoms with Gasteiger partial charge in [-0.05, 0) is 18.6 Å². The highest BCUT2D eigenvalue weighted by Gasteiger charge is 2.47. The van der Waals surface area contributed by atoms with Gasteiger partial charge in [0.15, 0.2) is 5.11 Å². The van der Waals surface area contributed by atoms with Gasteiger partial charge in [0.1, 0.15) is 12.2 Å². The van der Waals surface area contributed by atoms with Crippen LogP contribution in [0.1, 0.15) is 71.1 Å². The van der Waals surface area contributed by atoms with Crippen LogP contribution in [0.15, 0.2) is 0 Å². The maximum absolute atomic E-state index is 9.99. The molecule has 0 spiro atoms. The average molecular weight is 391 g/mol. The molecule has 1 aliphatic rings. The van der Waals surface area contributed by atoms with E-state index >= 15 is 0 Å². The van der Waals surface area contributed by atoms with E-state index in [0.29, 0.717) is 11.7 Å². The highest BCUT2D eigenvalue weighted by molar-refractivity contribution is 7.80. The minimum atomic E-state index is -1.12. The van der Waals surface area contributed by atoms with Crippen molar-refractivity contribution < 1.29 is 20.4 Å². The molecule has 0 aromatic heterocycles. The summed E-state index contributed by atoms with van der Waals surface area (Å²) < 4.78 is 0. The zero-order valence-corrected chi connectivity index (χ0v) is 17.0. The van der Waals surface area contributed by atoms with Gasteiger partial charge in [-0.2, -0.15) is 0 Å². The van der Waals surface area contributed by atoms with Gasteiger partial charge in [-0.15, -0.1) is 0 Å². The lowest BCUT2D eigenvalue weighted by molar-refractivity contribution is 0.0130. The van der Waals surface area contributed by atoms with Crippen LogP contribution in [0, 0.1) is 0 Å². The lowest BCUT2D eigenvalue weighted by Crippen LogP contribution is -2.51. The summed E-state index contributed by atoms with van der Waals surface area (Å²) in [6.45, 7) is 2.31. The molecule has 7 heteroatoms. The Morgan fingerprint density at radius 2 is 1.23 bits per heavy atom. The van der Waals surface area contributed by atoms with Crippen molar-refractivity contribution in [3.8, 4) is 0 Å². The molecule has 0 radical (unpaired) electrons. The highest BCUT2D eigenvalue weighted by Crippen LogP contribution is 2.25. The number of aliphatic hydroxyl groups excluding tert-OH is 4. The standard InChI is InChI=1S/C19H38N2O4S/c1-2-3-4-5-6-7-8-9-10-11-12-20-19(26)21-15(13-22)17(24)18(25)16(21)14-23/h15-18,22-25H,2-14H2,1H3,(H,20,26)/t15-,16-,17-,18-/m1/s1. The van der Waals surface area contributed by atoms with Crippen LogP contribution in [-0.2, 0) is 0 Å². The highest BCUT2D eigenvalue weighted by atomic mass is 32.1. The second kappa shape index (κ2) is 13.7. The topological polar surface area (TPSA) is 96.2 Å². The summed E-state index contributed by atoms with van der Waals surface area (Å²) in [5, 5.41) is 42.4. The van der Waals surface area contributed by atoms with Crippen LogP contribution in [0.2, 0.25) is 0 Å². The second-order valence-electron chi connectivity index (χ2n) is 7.30. The number of unbranched alkanes of at least 4 members (excludes halogenated alkanes) is 9. The number of nitrogens with one attached hydrogen (secondary N) is 1. The van der Waals surface area contributed by atoms with Gasteiger partial charge in [0.2, 0.25) is 0 Å². The van der Waals surface area contributed by atoms with Crippen LogP contribution in [0.25, 0.3) is 0 Å². The fourth-order valence-electron chi connectivity index (χ4n) is 3.62. The van der Waals surface area contributed by atoms with E-state index in [9.17, 15) is 20.4 Å². The van der Waals surface area contributed by atoms with Crippen LogP contribution < -0.4 is 5.32 Å². The summed E-state index contributed by atoms with van der Waals surface area (Å²) in [6.07, 6.45) is 10.4. The Bertz CT molecular complexity index is 371. The van der Waals surface area contributed by atoms with Crippen LogP contribution in [0.5, 0.6) is 0 Å². The quantitative estimate of drug-likeness (QED) is 0.240. The third-order valence-electron chi connectivity index (χ3n) is 5.27. The van der Waals surface area contributed by atoms with Gasteiger partial charge in [0.25, 0.3) is 0 Å². The van der Waals surface area contributed by atoms with E-state index in [2.05, 4.69) is 12.2 Å². The Hall–Kier alpha value is -0.470. The molecule has 1 heterocycles. The number of thiocarbonyl (C=S) groups is 1. The van der Waals surface area contributed by atoms with Gasteiger partial charge < -0.3 is 30.6 Å². The minimum absolute atomic E-state index is 0.325. The first-order valence-electron chi connectivity index (χ1n) is 10.2. The molecule has 0 amide bonds. The largest absolute Gasteiger partial charge is 0.394 e. The van der Waals surface area contributed by atoms with E-state index < -0.39 is 24.3 Å². The number of hydrogen-bond acceptors (Lipinski definition) is 5. The van der Waals surface area contributed by atoms with E-state index in [1.807, 2.05) is 0 Å². The van der Waals surface area contributed by atoms with Crippen molar-refractivity contribution in [1.82, 2.24) is 10.2 Å². The molecular formula is C19H38N2O4S. The fraction of sp³-hybridized carbons (Fsp3) is 0.947. The lowest BCUT2D eigenvalue weighted by atomic mass is 10.1. The number of likely N-dealkylation sites (tertiary alicyclic amines) is 1. The first kappa shape index (κ1) is 23.6. The Morgan fingerprint density at radius 1 is 0.808 bits per heavy atom. The molecule has 0 aromatic rings. The van der Waals surface area contributed by atoms with Crippen LogP contribution in [0.4, 0.5) is 0 Å². The van der Waals surface area contributed by atoms with Crippen LogP contribution in [0.3, 0.4) is 0 Å². The molecule has 0 saturated carbocycles. The predicted molar refractivity (Wildman–Crippen MR) is 108 cm³/mol. The predicted octanol–water partition coefficient (Wildman–Crippen LogP) is 1.54. The van der Waals surface area contributed by atoms with Crippen molar-refractivity contribution in [3.05, 3.63) is 0 Å². The maximum atomic E-state index is 9.99. The molecule has 5 N–H and O–H groups in total. The summed E-state index contributed by atoms with van der Waals surface area (Å²) in [7, 11) is 0. The summed E-state index contributed by atoms with van der Waals surface area (Å²) in [4.78, 5) is 1.54. The number of aliphatic hydroxyl groups is 4. The number of nitrogens with zero attached hydrogens (tertiary/aromatic N) is 1. The van der Waals surface area contributed by atoms with Gasteiger partial charge in [-0.3, -0.25) is 0 Å². The van der Waals surface area contributed by atoms with Crippen molar-refractivity contribution in [2.75, 3.05) is 19.8 Å². The first-order valence-corrected chi connectivity index (χ1v) is 10.6. The summed E-state index contributed by atoms with van der Waals surface area (Å²) in [5.41, 5.74) is 0. The molecule has 1 fully saturated rings. The Labute approximate surface area is 163 Å². The molecule has 4 atom stereocenters. The monoisotopic (exact) mass is 390 g/mol. The molecule has 0 aromatic carbocycles. The van der Waals surface area contributed by atoms with Crippen molar-refractivity contribution in [2.24, 2.45) is 0 Å². The van der Waals surface area contributed by atoms with Gasteiger partial charge in [-0.1, -0.05) is 64.7 Å². The SMILES string of the molecule is CCCCCCCCCCCCNC(=S)N1[C@H](CO)[C@@H](O)[C@H](O)[C@H]1CO. The molecule has 1 saturated heterocycles. The Balaban J connectivity index is 2.16. The average Bonchev–Trinajstić information content (AvgIpc) is 2.89. The van der Waals surface area contributed by atoms with Gasteiger partial charge >= 0.3 is 0 Å². The van der Waals surface area contributed by atoms with Crippen molar-refractivity contribution >= 4 is 17.3 Å². The van der Waals surface area contributed by atoms with Crippen molar-refractivity contribution in [3.63, 3.8) is 0 Å². The first-order chi connectivity index (χ1) is 12.6. The molecule has 6 nitrogen and oxygen atoms in total. The second-order valence-corrected chi connectivity index (χ2v) is 7.69. The Morgan fingerprint density at radius 3 is 1.65 bits per heavy atom. The molecule has 0 unspecified atom stereocenters. The van der Waals surface area contributed by atoms with E-state index in [1.165, 1.54) is 51.4 Å². The zero-order chi connectivity index (χ0) is 19.4. The smallest absolute Gasteiger partial charge is 0.169 e. The van der Waals surface area contributed by atoms with Gasteiger partial charge in [-0.25, -0.2) is 0 Å². The van der Waals surface area contributed by atoms with E-state index in [0.717, 1.165) is 12.8 Å². The summed E-state index contributed by atoms with van der Waals surface area (Å²) in [6, 6.07) is -1.37. The van der Waals surface area contributed by atoms with Gasteiger partial charge in [0.05, 0.1) is 25.3 Å². The van der Waals surface area contributed by atoms with Gasteiger partial charge in [0, 0.05) is 6.54 Å². The number of hydrogen-bond donors (Lipinski definition) is 5. The van der Waals surface area contributed by atoms with E-state index in [4.69, 9.17) is 12.2 Å². The summed E-state index contributed by atoms with van der Waals surface area (Å²) >= 11 is 5.35. The lowest BCUT2D eigenvalue weighted by Gasteiger charge is -2.31. The minimum Gasteiger partial charge on any atom is -0.394 e. The molecular weight excluding hydrogens is 352 g/mol. The van der Waals surface area contributed by atoms with Crippen molar-refractivity contribution in [1.29, 1.82) is 0 Å². The molecule has 154 valence electrons. The molecule has 26 heavy (non-hydrogen) atoms. The van der Waals surface area contributed by atoms with Crippen LogP contribution >= 0.6 is 12.2 Å². The molecule has 0 bridgehead atoms. The number of rotatable bonds is 13. The fourth-order valence-corrected chi connectivity index (χ4v) is 4.00. The molecule has 0 aliphatic carbocycles. The molecule has 1 aliphatic heterocycles. The van der Waals surface area contributed by atoms with E-state index in [-0.39, 0.29) is 13.2 Å². The van der Waals surface area contributed by atoms with E-state index in [1.54, 1.807) is 4.90 Å².